The molecule has 124 valence electrons. The Balaban J connectivity index is 1.65. The third-order valence-electron chi connectivity index (χ3n) is 3.38. The molecule has 0 aliphatic rings. The molecule has 0 aliphatic carbocycles. The first-order chi connectivity index (χ1) is 11.5. The van der Waals surface area contributed by atoms with Crippen molar-refractivity contribution in [3.05, 3.63) is 46.6 Å². The Morgan fingerprint density at radius 2 is 1.96 bits per heavy atom. The van der Waals surface area contributed by atoms with E-state index in [1.54, 1.807) is 23.1 Å². The van der Waals surface area contributed by atoms with Crippen LogP contribution in [0.15, 0.2) is 33.9 Å². The Labute approximate surface area is 153 Å². The van der Waals surface area contributed by atoms with Crippen LogP contribution in [0.3, 0.4) is 0 Å². The lowest BCUT2D eigenvalue weighted by molar-refractivity contribution is -0.115. The predicted molar refractivity (Wildman–Crippen MR) is 103 cm³/mol. The lowest BCUT2D eigenvalue weighted by Crippen LogP contribution is -2.14. The number of hydrogen-bond donors (Lipinski definition) is 1. The third kappa shape index (κ3) is 4.03. The number of thioether (sulfide) groups is 1. The number of thiazole rings is 2. The summed E-state index contributed by atoms with van der Waals surface area (Å²) in [5, 5.41) is 6.39. The lowest BCUT2D eigenvalue weighted by atomic mass is 10.2. The van der Waals surface area contributed by atoms with Gasteiger partial charge in [0.05, 0.1) is 22.0 Å². The maximum absolute atomic E-state index is 12.2. The molecule has 0 unspecified atom stereocenters. The van der Waals surface area contributed by atoms with Crippen molar-refractivity contribution in [2.24, 2.45) is 0 Å². The first-order valence-corrected chi connectivity index (χ1v) is 10.3. The van der Waals surface area contributed by atoms with Gasteiger partial charge >= 0.3 is 0 Å². The molecule has 4 nitrogen and oxygen atoms in total. The molecule has 0 saturated carbocycles. The van der Waals surface area contributed by atoms with Gasteiger partial charge in [-0.2, -0.15) is 0 Å². The highest BCUT2D eigenvalue weighted by molar-refractivity contribution is 8.00. The van der Waals surface area contributed by atoms with Crippen molar-refractivity contribution in [2.75, 3.05) is 11.6 Å². The molecule has 1 aromatic carbocycles. The van der Waals surface area contributed by atoms with Crippen LogP contribution in [0.25, 0.3) is 10.6 Å². The number of anilines is 1. The van der Waals surface area contributed by atoms with Crippen molar-refractivity contribution in [2.45, 2.75) is 24.5 Å². The maximum atomic E-state index is 12.2. The van der Waals surface area contributed by atoms with Crippen molar-refractivity contribution >= 4 is 45.5 Å². The molecule has 0 spiro atoms. The number of carbonyl (C=O) groups is 1. The predicted octanol–water partition coefficient (Wildman–Crippen LogP) is 4.79. The van der Waals surface area contributed by atoms with Gasteiger partial charge in [0.25, 0.3) is 0 Å². The number of nitrogens with one attached hydrogen (secondary N) is 1. The molecule has 0 radical (unpaired) electrons. The average molecular weight is 376 g/mol. The molecule has 0 fully saturated rings. The molecule has 1 N–H and O–H groups in total. The van der Waals surface area contributed by atoms with E-state index in [0.29, 0.717) is 5.13 Å². The Kier molecular flexibility index (Phi) is 5.33. The fourth-order valence-electron chi connectivity index (χ4n) is 2.17. The van der Waals surface area contributed by atoms with Gasteiger partial charge in [-0.15, -0.1) is 23.1 Å². The number of nitrogens with zero attached hydrogens (tertiary/aromatic N) is 2. The van der Waals surface area contributed by atoms with E-state index in [4.69, 9.17) is 0 Å². The summed E-state index contributed by atoms with van der Waals surface area (Å²) < 4.78 is 1.13. The van der Waals surface area contributed by atoms with Gasteiger partial charge in [-0.05, 0) is 20.1 Å². The number of aryl methyl sites for hydroxylation is 2. The molecule has 24 heavy (non-hydrogen) atoms. The minimum atomic E-state index is -0.0860. The average Bonchev–Trinajstić information content (AvgIpc) is 3.14. The maximum Gasteiger partial charge on any atom is 0.232 e. The van der Waals surface area contributed by atoms with Crippen LogP contribution in [0.4, 0.5) is 5.13 Å². The molecule has 7 heteroatoms. The molecule has 1 amide bonds. The molecule has 0 atom stereocenters. The van der Waals surface area contributed by atoms with Crippen LogP contribution in [-0.4, -0.2) is 22.1 Å². The Hall–Kier alpha value is -1.70. The smallest absolute Gasteiger partial charge is 0.232 e. The van der Waals surface area contributed by atoms with Crippen molar-refractivity contribution in [1.29, 1.82) is 0 Å². The third-order valence-corrected chi connectivity index (χ3v) is 6.60. The van der Waals surface area contributed by atoms with Crippen LogP contribution < -0.4 is 5.32 Å². The summed E-state index contributed by atoms with van der Waals surface area (Å²) in [6.07, 6.45) is 2.27. The van der Waals surface area contributed by atoms with Crippen LogP contribution in [0.5, 0.6) is 0 Å². The summed E-state index contributed by atoms with van der Waals surface area (Å²) in [4.78, 5) is 21.1. The highest BCUT2D eigenvalue weighted by Gasteiger charge is 2.12. The molecule has 2 aromatic heterocycles. The number of aromatic nitrogens is 2. The summed E-state index contributed by atoms with van der Waals surface area (Å²) in [7, 11) is 0. The standard InChI is InChI=1S/C17H17N3OS3/c1-10-4-6-12(7-5-10)15-19-13(9-23-15)8-14(21)20-17-18-11(2)16(22-3)24-17/h4-7,9H,8H2,1-3H3,(H,18,20,21). The zero-order valence-corrected chi connectivity index (χ0v) is 16.1. The minimum absolute atomic E-state index is 0.0860. The van der Waals surface area contributed by atoms with Gasteiger partial charge in [0.2, 0.25) is 5.91 Å². The zero-order chi connectivity index (χ0) is 17.1. The van der Waals surface area contributed by atoms with E-state index in [9.17, 15) is 4.79 Å². The number of benzene rings is 1. The van der Waals surface area contributed by atoms with Gasteiger partial charge in [-0.25, -0.2) is 9.97 Å². The summed E-state index contributed by atoms with van der Waals surface area (Å²) >= 11 is 4.71. The largest absolute Gasteiger partial charge is 0.302 e. The number of carbonyl (C=O) groups excluding carboxylic acids is 1. The van der Waals surface area contributed by atoms with E-state index in [1.165, 1.54) is 16.9 Å². The van der Waals surface area contributed by atoms with E-state index in [2.05, 4.69) is 46.5 Å². The molecule has 3 aromatic rings. The van der Waals surface area contributed by atoms with E-state index in [-0.39, 0.29) is 12.3 Å². The molecule has 0 bridgehead atoms. The Morgan fingerprint density at radius 3 is 2.62 bits per heavy atom. The van der Waals surface area contributed by atoms with Gasteiger partial charge < -0.3 is 5.32 Å². The molecule has 0 aliphatic heterocycles. The number of amides is 1. The molecule has 3 rings (SSSR count). The highest BCUT2D eigenvalue weighted by Crippen LogP contribution is 2.30. The second kappa shape index (κ2) is 7.46. The highest BCUT2D eigenvalue weighted by atomic mass is 32.2. The fourth-order valence-corrected chi connectivity index (χ4v) is 4.62. The number of rotatable bonds is 5. The molecular formula is C17H17N3OS3. The lowest BCUT2D eigenvalue weighted by Gasteiger charge is -1.99. The Morgan fingerprint density at radius 1 is 1.21 bits per heavy atom. The minimum Gasteiger partial charge on any atom is -0.302 e. The van der Waals surface area contributed by atoms with E-state index in [0.717, 1.165) is 26.2 Å². The van der Waals surface area contributed by atoms with Gasteiger partial charge in [-0.1, -0.05) is 41.2 Å². The quantitative estimate of drug-likeness (QED) is 0.652. The number of hydrogen-bond acceptors (Lipinski definition) is 6. The van der Waals surface area contributed by atoms with Crippen molar-refractivity contribution in [1.82, 2.24) is 9.97 Å². The van der Waals surface area contributed by atoms with Gasteiger partial charge in [-0.3, -0.25) is 4.79 Å². The van der Waals surface area contributed by atoms with Crippen LogP contribution in [0.1, 0.15) is 17.0 Å². The second-order valence-electron chi connectivity index (χ2n) is 5.33. The summed E-state index contributed by atoms with van der Waals surface area (Å²) in [6, 6.07) is 8.25. The molecule has 2 heterocycles. The van der Waals surface area contributed by atoms with Gasteiger partial charge in [0.15, 0.2) is 5.13 Å². The summed E-state index contributed by atoms with van der Waals surface area (Å²) in [6.45, 7) is 4.01. The van der Waals surface area contributed by atoms with Crippen molar-refractivity contribution in [3.63, 3.8) is 0 Å². The van der Waals surface area contributed by atoms with E-state index >= 15 is 0 Å². The van der Waals surface area contributed by atoms with Gasteiger partial charge in [0.1, 0.15) is 5.01 Å². The second-order valence-corrected chi connectivity index (χ2v) is 8.26. The molecular weight excluding hydrogens is 358 g/mol. The first kappa shape index (κ1) is 17.1. The topological polar surface area (TPSA) is 54.9 Å². The van der Waals surface area contributed by atoms with Crippen LogP contribution in [0.2, 0.25) is 0 Å². The normalized spacial score (nSPS) is 10.8. The summed E-state index contributed by atoms with van der Waals surface area (Å²) in [5.41, 5.74) is 4.04. The van der Waals surface area contributed by atoms with Crippen LogP contribution in [0, 0.1) is 13.8 Å². The van der Waals surface area contributed by atoms with Crippen LogP contribution >= 0.6 is 34.4 Å². The molecule has 0 saturated heterocycles. The fraction of sp³-hybridized carbons (Fsp3) is 0.235. The first-order valence-electron chi connectivity index (χ1n) is 7.38. The Bertz CT molecular complexity index is 852. The van der Waals surface area contributed by atoms with Crippen molar-refractivity contribution in [3.8, 4) is 10.6 Å². The van der Waals surface area contributed by atoms with E-state index < -0.39 is 0 Å². The van der Waals surface area contributed by atoms with Crippen molar-refractivity contribution < 1.29 is 4.79 Å². The van der Waals surface area contributed by atoms with E-state index in [1.807, 2.05) is 18.6 Å². The summed E-state index contributed by atoms with van der Waals surface area (Å²) in [5.74, 6) is -0.0860. The SMILES string of the molecule is CSc1sc(NC(=O)Cc2csc(-c3ccc(C)cc3)n2)nc1C. The van der Waals surface area contributed by atoms with Crippen LogP contribution in [-0.2, 0) is 11.2 Å². The zero-order valence-electron chi connectivity index (χ0n) is 13.6. The monoisotopic (exact) mass is 375 g/mol. The van der Waals surface area contributed by atoms with Gasteiger partial charge in [0, 0.05) is 10.9 Å².